The molecule has 1 amide bonds. The lowest BCUT2D eigenvalue weighted by Crippen LogP contribution is -2.38. The van der Waals surface area contributed by atoms with Gasteiger partial charge >= 0.3 is 5.97 Å². The summed E-state index contributed by atoms with van der Waals surface area (Å²) in [4.78, 5) is 25.6. The van der Waals surface area contributed by atoms with Gasteiger partial charge in [0, 0.05) is 6.04 Å². The van der Waals surface area contributed by atoms with Gasteiger partial charge in [-0.1, -0.05) is 0 Å². The van der Waals surface area contributed by atoms with Crippen LogP contribution in [0.1, 0.15) is 41.6 Å². The molecule has 0 atom stereocenters. The van der Waals surface area contributed by atoms with Gasteiger partial charge in [-0.25, -0.2) is 0 Å². The lowest BCUT2D eigenvalue weighted by atomic mass is 10.2. The average Bonchev–Trinajstić information content (AvgIpc) is 3.11. The third-order valence-electron chi connectivity index (χ3n) is 3.12. The highest BCUT2D eigenvalue weighted by atomic mass is 16.5. The summed E-state index contributed by atoms with van der Waals surface area (Å²) in [6.45, 7) is 5.66. The van der Waals surface area contributed by atoms with Crippen LogP contribution in [-0.4, -0.2) is 36.0 Å². The summed E-state index contributed by atoms with van der Waals surface area (Å²) in [5.41, 5.74) is 0.536. The number of hydrogen-bond acceptors (Lipinski definition) is 4. The second-order valence-corrected chi connectivity index (χ2v) is 4.80. The van der Waals surface area contributed by atoms with Gasteiger partial charge in [-0.15, -0.1) is 0 Å². The van der Waals surface area contributed by atoms with Crippen molar-refractivity contribution in [2.75, 3.05) is 13.2 Å². The standard InChI is InChI=1S/C14H19NO4/c1-4-18-13(16)8-15(11-5-6-11)14(17)12-7-9(2)19-10(12)3/h7,11H,4-6,8H2,1-3H3. The van der Waals surface area contributed by atoms with Crippen LogP contribution in [0.5, 0.6) is 0 Å². The summed E-state index contributed by atoms with van der Waals surface area (Å²) in [6.07, 6.45) is 1.89. The van der Waals surface area contributed by atoms with Gasteiger partial charge in [0.25, 0.3) is 5.91 Å². The quantitative estimate of drug-likeness (QED) is 0.765. The van der Waals surface area contributed by atoms with Gasteiger partial charge in [-0.05, 0) is 39.7 Å². The first-order chi connectivity index (χ1) is 9.02. The fraction of sp³-hybridized carbons (Fsp3) is 0.571. The molecule has 1 fully saturated rings. The highest BCUT2D eigenvalue weighted by molar-refractivity contribution is 5.97. The van der Waals surface area contributed by atoms with Gasteiger partial charge in [0.1, 0.15) is 18.1 Å². The molecule has 5 heteroatoms. The van der Waals surface area contributed by atoms with Crippen LogP contribution in [0.15, 0.2) is 10.5 Å². The number of furan rings is 1. The number of amides is 1. The molecule has 0 N–H and O–H groups in total. The summed E-state index contributed by atoms with van der Waals surface area (Å²) in [6, 6.07) is 1.88. The molecule has 0 aromatic carbocycles. The summed E-state index contributed by atoms with van der Waals surface area (Å²) in [7, 11) is 0. The second-order valence-electron chi connectivity index (χ2n) is 4.80. The maximum absolute atomic E-state index is 12.5. The minimum absolute atomic E-state index is 0.0149. The molecule has 0 unspecified atom stereocenters. The Kier molecular flexibility index (Phi) is 3.93. The number of ether oxygens (including phenoxy) is 1. The molecule has 1 aliphatic carbocycles. The maximum atomic E-state index is 12.5. The zero-order valence-corrected chi connectivity index (χ0v) is 11.6. The van der Waals surface area contributed by atoms with Crippen LogP contribution in [-0.2, 0) is 9.53 Å². The summed E-state index contributed by atoms with van der Waals surface area (Å²) < 4.78 is 10.3. The van der Waals surface area contributed by atoms with Gasteiger partial charge in [-0.2, -0.15) is 0 Å². The molecule has 5 nitrogen and oxygen atoms in total. The van der Waals surface area contributed by atoms with E-state index in [1.54, 1.807) is 31.7 Å². The van der Waals surface area contributed by atoms with Crippen molar-refractivity contribution in [2.24, 2.45) is 0 Å². The van der Waals surface area contributed by atoms with E-state index in [0.717, 1.165) is 12.8 Å². The Bertz CT molecular complexity index is 488. The van der Waals surface area contributed by atoms with E-state index in [-0.39, 0.29) is 24.5 Å². The van der Waals surface area contributed by atoms with Crippen molar-refractivity contribution in [1.82, 2.24) is 4.90 Å². The van der Waals surface area contributed by atoms with Crippen LogP contribution in [0.4, 0.5) is 0 Å². The number of carbonyl (C=O) groups excluding carboxylic acids is 2. The van der Waals surface area contributed by atoms with Crippen LogP contribution in [0, 0.1) is 13.8 Å². The normalized spacial score (nSPS) is 14.3. The van der Waals surface area contributed by atoms with Crippen LogP contribution in [0.2, 0.25) is 0 Å². The Hall–Kier alpha value is -1.78. The molecule has 104 valence electrons. The second kappa shape index (κ2) is 5.47. The molecule has 1 aliphatic rings. The molecule has 2 rings (SSSR count). The predicted molar refractivity (Wildman–Crippen MR) is 68.9 cm³/mol. The SMILES string of the molecule is CCOC(=O)CN(C(=O)c1cc(C)oc1C)C1CC1. The third-order valence-corrected chi connectivity index (χ3v) is 3.12. The minimum Gasteiger partial charge on any atom is -0.466 e. The van der Waals surface area contributed by atoms with E-state index in [1.165, 1.54) is 0 Å². The number of nitrogens with zero attached hydrogens (tertiary/aromatic N) is 1. The molecule has 1 aromatic rings. The Morgan fingerprint density at radius 2 is 2.11 bits per heavy atom. The fourth-order valence-corrected chi connectivity index (χ4v) is 2.10. The van der Waals surface area contributed by atoms with Crippen molar-refractivity contribution in [2.45, 2.75) is 39.7 Å². The van der Waals surface area contributed by atoms with E-state index >= 15 is 0 Å². The molecule has 1 heterocycles. The molecule has 0 radical (unpaired) electrons. The third kappa shape index (κ3) is 3.16. The Morgan fingerprint density at radius 1 is 1.42 bits per heavy atom. The molecular weight excluding hydrogens is 246 g/mol. The van der Waals surface area contributed by atoms with Crippen molar-refractivity contribution in [3.8, 4) is 0 Å². The van der Waals surface area contributed by atoms with E-state index in [0.29, 0.717) is 23.7 Å². The molecule has 0 saturated heterocycles. The van der Waals surface area contributed by atoms with E-state index in [2.05, 4.69) is 0 Å². The molecule has 0 aliphatic heterocycles. The summed E-state index contributed by atoms with van der Waals surface area (Å²) in [5.74, 6) is 0.787. The molecular formula is C14H19NO4. The van der Waals surface area contributed by atoms with Crippen LogP contribution in [0.3, 0.4) is 0 Å². The van der Waals surface area contributed by atoms with Crippen LogP contribution in [0.25, 0.3) is 0 Å². The lowest BCUT2D eigenvalue weighted by Gasteiger charge is -2.20. The van der Waals surface area contributed by atoms with E-state index in [1.807, 2.05) is 0 Å². The van der Waals surface area contributed by atoms with Crippen LogP contribution < -0.4 is 0 Å². The maximum Gasteiger partial charge on any atom is 0.325 e. The monoisotopic (exact) mass is 265 g/mol. The Labute approximate surface area is 112 Å². The highest BCUT2D eigenvalue weighted by Crippen LogP contribution is 2.29. The number of hydrogen-bond donors (Lipinski definition) is 0. The first kappa shape index (κ1) is 13.6. The number of carbonyl (C=O) groups is 2. The van der Waals surface area contributed by atoms with E-state index in [9.17, 15) is 9.59 Å². The van der Waals surface area contributed by atoms with Crippen LogP contribution >= 0.6 is 0 Å². The van der Waals surface area contributed by atoms with E-state index < -0.39 is 0 Å². The molecule has 0 bridgehead atoms. The first-order valence-electron chi connectivity index (χ1n) is 6.56. The van der Waals surface area contributed by atoms with Gasteiger partial charge in [-0.3, -0.25) is 9.59 Å². The summed E-state index contributed by atoms with van der Waals surface area (Å²) in [5, 5.41) is 0. The van der Waals surface area contributed by atoms with Crippen molar-refractivity contribution in [1.29, 1.82) is 0 Å². The fourth-order valence-electron chi connectivity index (χ4n) is 2.10. The average molecular weight is 265 g/mol. The lowest BCUT2D eigenvalue weighted by molar-refractivity contribution is -0.144. The van der Waals surface area contributed by atoms with E-state index in [4.69, 9.17) is 9.15 Å². The molecule has 1 aromatic heterocycles. The Balaban J connectivity index is 2.13. The van der Waals surface area contributed by atoms with Gasteiger partial charge in [0.2, 0.25) is 0 Å². The topological polar surface area (TPSA) is 59.8 Å². The highest BCUT2D eigenvalue weighted by Gasteiger charge is 2.35. The number of aryl methyl sites for hydroxylation is 2. The van der Waals surface area contributed by atoms with Gasteiger partial charge in [0.05, 0.1) is 12.2 Å². The van der Waals surface area contributed by atoms with Crippen molar-refractivity contribution in [3.63, 3.8) is 0 Å². The number of rotatable bonds is 5. The molecule has 1 saturated carbocycles. The first-order valence-corrected chi connectivity index (χ1v) is 6.56. The Morgan fingerprint density at radius 3 is 2.58 bits per heavy atom. The zero-order chi connectivity index (χ0) is 14.0. The predicted octanol–water partition coefficient (Wildman–Crippen LogP) is 2.06. The number of esters is 1. The van der Waals surface area contributed by atoms with Gasteiger partial charge in [0.15, 0.2) is 0 Å². The smallest absolute Gasteiger partial charge is 0.325 e. The zero-order valence-electron chi connectivity index (χ0n) is 11.6. The van der Waals surface area contributed by atoms with Crippen molar-refractivity contribution >= 4 is 11.9 Å². The molecule has 0 spiro atoms. The van der Waals surface area contributed by atoms with Crippen molar-refractivity contribution in [3.05, 3.63) is 23.2 Å². The minimum atomic E-state index is -0.361. The largest absolute Gasteiger partial charge is 0.466 e. The molecule has 19 heavy (non-hydrogen) atoms. The van der Waals surface area contributed by atoms with Gasteiger partial charge < -0.3 is 14.1 Å². The van der Waals surface area contributed by atoms with Crippen molar-refractivity contribution < 1.29 is 18.7 Å². The summed E-state index contributed by atoms with van der Waals surface area (Å²) >= 11 is 0.